The lowest BCUT2D eigenvalue weighted by atomic mass is 9.75. The fourth-order valence-electron chi connectivity index (χ4n) is 2.21. The van der Waals surface area contributed by atoms with Gasteiger partial charge in [0.15, 0.2) is 0 Å². The molecular weight excluding hydrogens is 202 g/mol. The minimum atomic E-state index is -0.0915. The van der Waals surface area contributed by atoms with Crippen LogP contribution in [0, 0.1) is 5.41 Å². The summed E-state index contributed by atoms with van der Waals surface area (Å²) in [4.78, 5) is 11.1. The Morgan fingerprint density at radius 3 is 2.56 bits per heavy atom. The maximum absolute atomic E-state index is 11.1. The van der Waals surface area contributed by atoms with Gasteiger partial charge >= 0.3 is 5.97 Å². The molecule has 3 heteroatoms. The first-order chi connectivity index (χ1) is 7.53. The van der Waals surface area contributed by atoms with E-state index < -0.39 is 0 Å². The van der Waals surface area contributed by atoms with Crippen molar-refractivity contribution in [2.75, 3.05) is 13.2 Å². The number of hydrogen-bond donors (Lipinski definition) is 1. The van der Waals surface area contributed by atoms with E-state index in [0.29, 0.717) is 24.5 Å². The summed E-state index contributed by atoms with van der Waals surface area (Å²) in [5.74, 6) is -0.0915. The molecule has 94 valence electrons. The number of rotatable bonds is 5. The molecule has 0 unspecified atom stereocenters. The van der Waals surface area contributed by atoms with Crippen molar-refractivity contribution in [2.45, 2.75) is 58.9 Å². The first-order valence-electron chi connectivity index (χ1n) is 6.42. The Hall–Kier alpha value is -0.570. The molecule has 0 amide bonds. The second-order valence-electron chi connectivity index (χ2n) is 5.45. The van der Waals surface area contributed by atoms with E-state index in [2.05, 4.69) is 19.2 Å². The lowest BCUT2D eigenvalue weighted by Gasteiger charge is -2.34. The number of nitrogens with one attached hydrogen (secondary N) is 1. The first-order valence-corrected chi connectivity index (χ1v) is 6.42. The van der Waals surface area contributed by atoms with E-state index in [1.165, 1.54) is 25.7 Å². The topological polar surface area (TPSA) is 38.3 Å². The Bertz CT molecular complexity index is 216. The molecule has 0 aromatic carbocycles. The van der Waals surface area contributed by atoms with Gasteiger partial charge in [0.25, 0.3) is 0 Å². The van der Waals surface area contributed by atoms with Gasteiger partial charge in [-0.3, -0.25) is 4.79 Å². The van der Waals surface area contributed by atoms with Gasteiger partial charge in [0, 0.05) is 12.6 Å². The number of hydrogen-bond acceptors (Lipinski definition) is 3. The summed E-state index contributed by atoms with van der Waals surface area (Å²) in [6.45, 7) is 7.75. The summed E-state index contributed by atoms with van der Waals surface area (Å²) in [6, 6.07) is 0.599. The average Bonchev–Trinajstić information content (AvgIpc) is 2.21. The highest BCUT2D eigenvalue weighted by Gasteiger charge is 2.26. The Labute approximate surface area is 98.9 Å². The van der Waals surface area contributed by atoms with E-state index in [9.17, 15) is 4.79 Å². The van der Waals surface area contributed by atoms with Gasteiger partial charge in [0.2, 0.25) is 0 Å². The van der Waals surface area contributed by atoms with Crippen LogP contribution in [-0.4, -0.2) is 25.2 Å². The average molecular weight is 227 g/mol. The second-order valence-corrected chi connectivity index (χ2v) is 5.45. The van der Waals surface area contributed by atoms with Gasteiger partial charge in [-0.15, -0.1) is 0 Å². The summed E-state index contributed by atoms with van der Waals surface area (Å²) < 4.78 is 4.89. The molecule has 1 rings (SSSR count). The molecule has 0 aromatic rings. The molecule has 0 spiro atoms. The molecule has 0 aromatic heterocycles. The number of carbonyl (C=O) groups is 1. The summed E-state index contributed by atoms with van der Waals surface area (Å²) in [7, 11) is 0. The quantitative estimate of drug-likeness (QED) is 0.733. The predicted molar refractivity (Wildman–Crippen MR) is 65.3 cm³/mol. The highest BCUT2D eigenvalue weighted by atomic mass is 16.5. The molecule has 0 atom stereocenters. The van der Waals surface area contributed by atoms with E-state index in [-0.39, 0.29) is 5.97 Å². The van der Waals surface area contributed by atoms with Gasteiger partial charge in [0.1, 0.15) is 0 Å². The van der Waals surface area contributed by atoms with Crippen LogP contribution >= 0.6 is 0 Å². The van der Waals surface area contributed by atoms with Crippen LogP contribution in [0.5, 0.6) is 0 Å². The molecule has 0 radical (unpaired) electrons. The Morgan fingerprint density at radius 2 is 2.00 bits per heavy atom. The van der Waals surface area contributed by atoms with Crippen LogP contribution in [0.3, 0.4) is 0 Å². The molecule has 1 aliphatic rings. The minimum Gasteiger partial charge on any atom is -0.466 e. The lowest BCUT2D eigenvalue weighted by molar-refractivity contribution is -0.143. The third-order valence-corrected chi connectivity index (χ3v) is 3.41. The molecule has 3 nitrogen and oxygen atoms in total. The summed E-state index contributed by atoms with van der Waals surface area (Å²) in [5.41, 5.74) is 0.513. The van der Waals surface area contributed by atoms with E-state index in [4.69, 9.17) is 4.74 Å². The smallest absolute Gasteiger partial charge is 0.307 e. The van der Waals surface area contributed by atoms with Crippen LogP contribution in [0.4, 0.5) is 0 Å². The normalized spacial score (nSPS) is 20.7. The van der Waals surface area contributed by atoms with Gasteiger partial charge in [-0.05, 0) is 38.0 Å². The second kappa shape index (κ2) is 6.24. The van der Waals surface area contributed by atoms with Gasteiger partial charge < -0.3 is 10.1 Å². The first kappa shape index (κ1) is 13.5. The highest BCUT2D eigenvalue weighted by molar-refractivity contribution is 5.69. The Kier molecular flexibility index (Phi) is 5.26. The standard InChI is InChI=1S/C13H25NO2/c1-4-16-12(15)7-10-14-11-5-8-13(2,3)9-6-11/h11,14H,4-10H2,1-3H3. The summed E-state index contributed by atoms with van der Waals surface area (Å²) in [5, 5.41) is 3.45. The van der Waals surface area contributed by atoms with Crippen molar-refractivity contribution in [2.24, 2.45) is 5.41 Å². The van der Waals surface area contributed by atoms with E-state index in [0.717, 1.165) is 6.54 Å². The Morgan fingerprint density at radius 1 is 1.38 bits per heavy atom. The SMILES string of the molecule is CCOC(=O)CCNC1CCC(C)(C)CC1. The largest absolute Gasteiger partial charge is 0.466 e. The van der Waals surface area contributed by atoms with Crippen molar-refractivity contribution in [1.82, 2.24) is 5.32 Å². The van der Waals surface area contributed by atoms with Crippen molar-refractivity contribution in [3.8, 4) is 0 Å². The fraction of sp³-hybridized carbons (Fsp3) is 0.923. The maximum Gasteiger partial charge on any atom is 0.307 e. The zero-order valence-corrected chi connectivity index (χ0v) is 10.8. The van der Waals surface area contributed by atoms with Crippen LogP contribution < -0.4 is 5.32 Å². The summed E-state index contributed by atoms with van der Waals surface area (Å²) in [6.07, 6.45) is 5.52. The van der Waals surface area contributed by atoms with Crippen molar-refractivity contribution in [3.05, 3.63) is 0 Å². The van der Waals surface area contributed by atoms with Crippen LogP contribution in [0.15, 0.2) is 0 Å². The van der Waals surface area contributed by atoms with Crippen molar-refractivity contribution in [1.29, 1.82) is 0 Å². The van der Waals surface area contributed by atoms with Gasteiger partial charge in [-0.1, -0.05) is 13.8 Å². The highest BCUT2D eigenvalue weighted by Crippen LogP contribution is 2.34. The number of esters is 1. The lowest BCUT2D eigenvalue weighted by Crippen LogP contribution is -2.36. The van der Waals surface area contributed by atoms with Gasteiger partial charge in [-0.25, -0.2) is 0 Å². The zero-order chi connectivity index (χ0) is 12.0. The van der Waals surface area contributed by atoms with Gasteiger partial charge in [0.05, 0.1) is 13.0 Å². The van der Waals surface area contributed by atoms with E-state index in [1.807, 2.05) is 6.92 Å². The third-order valence-electron chi connectivity index (χ3n) is 3.41. The molecule has 1 aliphatic carbocycles. The molecule has 16 heavy (non-hydrogen) atoms. The molecule has 0 heterocycles. The molecule has 0 aliphatic heterocycles. The van der Waals surface area contributed by atoms with E-state index in [1.54, 1.807) is 0 Å². The van der Waals surface area contributed by atoms with Gasteiger partial charge in [-0.2, -0.15) is 0 Å². The molecular formula is C13H25NO2. The molecule has 0 saturated heterocycles. The number of carbonyl (C=O) groups excluding carboxylic acids is 1. The molecule has 1 saturated carbocycles. The zero-order valence-electron chi connectivity index (χ0n) is 10.8. The van der Waals surface area contributed by atoms with E-state index >= 15 is 0 Å². The van der Waals surface area contributed by atoms with Crippen molar-refractivity contribution < 1.29 is 9.53 Å². The van der Waals surface area contributed by atoms with Crippen LogP contribution in [0.25, 0.3) is 0 Å². The predicted octanol–water partition coefficient (Wildman–Crippen LogP) is 2.50. The molecule has 1 N–H and O–H groups in total. The van der Waals surface area contributed by atoms with Crippen molar-refractivity contribution in [3.63, 3.8) is 0 Å². The van der Waals surface area contributed by atoms with Crippen LogP contribution in [0.1, 0.15) is 52.9 Å². The monoisotopic (exact) mass is 227 g/mol. The third kappa shape index (κ3) is 4.97. The number of ether oxygens (including phenoxy) is 1. The summed E-state index contributed by atoms with van der Waals surface area (Å²) >= 11 is 0. The van der Waals surface area contributed by atoms with Crippen LogP contribution in [0.2, 0.25) is 0 Å². The Balaban J connectivity index is 2.09. The fourth-order valence-corrected chi connectivity index (χ4v) is 2.21. The molecule has 0 bridgehead atoms. The minimum absolute atomic E-state index is 0.0915. The molecule has 1 fully saturated rings. The van der Waals surface area contributed by atoms with Crippen molar-refractivity contribution >= 4 is 5.97 Å². The maximum atomic E-state index is 11.1. The van der Waals surface area contributed by atoms with Crippen LogP contribution in [-0.2, 0) is 9.53 Å².